The summed E-state index contributed by atoms with van der Waals surface area (Å²) in [6, 6.07) is 1.34. The number of hydrogen-bond acceptors (Lipinski definition) is 4. The smallest absolute Gasteiger partial charge is 0.340 e. The predicted molar refractivity (Wildman–Crippen MR) is 72.8 cm³/mol. The van der Waals surface area contributed by atoms with Crippen LogP contribution in [0.5, 0.6) is 5.75 Å². The van der Waals surface area contributed by atoms with Crippen LogP contribution in [0.3, 0.4) is 0 Å². The first-order chi connectivity index (χ1) is 8.54. The van der Waals surface area contributed by atoms with E-state index in [1.54, 1.807) is 17.9 Å². The summed E-state index contributed by atoms with van der Waals surface area (Å²) >= 11 is 3.24. The minimum atomic E-state index is -0.522. The summed E-state index contributed by atoms with van der Waals surface area (Å²) in [6.07, 6.45) is 1.71. The Morgan fingerprint density at radius 2 is 2.11 bits per heavy atom. The summed E-state index contributed by atoms with van der Waals surface area (Å²) in [6.45, 7) is 4.00. The molecule has 2 rings (SSSR count). The summed E-state index contributed by atoms with van der Waals surface area (Å²) in [5, 5.41) is 14.5. The van der Waals surface area contributed by atoms with Gasteiger partial charge >= 0.3 is 5.97 Å². The molecular formula is C12H15BrN2O3. The van der Waals surface area contributed by atoms with Crippen LogP contribution in [0.1, 0.15) is 24.2 Å². The van der Waals surface area contributed by atoms with Crippen LogP contribution in [0, 0.1) is 0 Å². The van der Waals surface area contributed by atoms with E-state index in [0.29, 0.717) is 15.4 Å². The summed E-state index contributed by atoms with van der Waals surface area (Å²) in [5.41, 5.74) is 0.748. The number of nitrogens with zero attached hydrogens (tertiary/aromatic N) is 2. The third-order valence-electron chi connectivity index (χ3n) is 2.23. The molecule has 0 saturated carbocycles. The van der Waals surface area contributed by atoms with Crippen molar-refractivity contribution < 1.29 is 14.6 Å². The van der Waals surface area contributed by atoms with Crippen molar-refractivity contribution in [2.75, 3.05) is 7.11 Å². The van der Waals surface area contributed by atoms with Crippen molar-refractivity contribution in [3.05, 3.63) is 22.3 Å². The van der Waals surface area contributed by atoms with Crippen molar-refractivity contribution in [1.29, 1.82) is 0 Å². The number of carbonyl (C=O) groups is 1. The summed E-state index contributed by atoms with van der Waals surface area (Å²) in [4.78, 5) is 11.5. The molecule has 1 N–H and O–H groups in total. The van der Waals surface area contributed by atoms with Gasteiger partial charge in [-0.05, 0) is 22.0 Å². The van der Waals surface area contributed by atoms with Gasteiger partial charge < -0.3 is 9.84 Å². The van der Waals surface area contributed by atoms with Gasteiger partial charge in [-0.2, -0.15) is 5.10 Å². The van der Waals surface area contributed by atoms with Gasteiger partial charge in [0, 0.05) is 18.6 Å². The molecule has 0 bridgehead atoms. The van der Waals surface area contributed by atoms with Crippen molar-refractivity contribution in [1.82, 2.24) is 9.78 Å². The van der Waals surface area contributed by atoms with Crippen LogP contribution in [0.15, 0.2) is 16.7 Å². The number of carbonyl (C=O) groups excluding carboxylic acids is 1. The van der Waals surface area contributed by atoms with Crippen molar-refractivity contribution >= 4 is 32.8 Å². The monoisotopic (exact) mass is 314 g/mol. The van der Waals surface area contributed by atoms with E-state index in [1.165, 1.54) is 13.2 Å². The molecule has 1 aromatic heterocycles. The molecule has 1 heterocycles. The zero-order valence-corrected chi connectivity index (χ0v) is 12.3. The molecule has 0 saturated heterocycles. The highest BCUT2D eigenvalue weighted by Gasteiger charge is 2.18. The van der Waals surface area contributed by atoms with Crippen LogP contribution in [-0.4, -0.2) is 28.0 Å². The van der Waals surface area contributed by atoms with E-state index in [2.05, 4.69) is 25.8 Å². The second-order valence-electron chi connectivity index (χ2n) is 3.31. The normalized spacial score (nSPS) is 9.83. The molecule has 0 unspecified atom stereocenters. The fraction of sp³-hybridized carbons (Fsp3) is 0.333. The van der Waals surface area contributed by atoms with Crippen LogP contribution in [0.4, 0.5) is 0 Å². The number of hydrogen-bond donors (Lipinski definition) is 1. The molecule has 5 nitrogen and oxygen atoms in total. The Morgan fingerprint density at radius 1 is 1.50 bits per heavy atom. The maximum atomic E-state index is 11.5. The van der Waals surface area contributed by atoms with E-state index in [0.717, 1.165) is 0 Å². The Kier molecular flexibility index (Phi) is 4.72. The maximum absolute atomic E-state index is 11.5. The molecule has 98 valence electrons. The second-order valence-corrected chi connectivity index (χ2v) is 4.11. The molecular weight excluding hydrogens is 300 g/mol. The van der Waals surface area contributed by atoms with Gasteiger partial charge in [0.2, 0.25) is 0 Å². The minimum absolute atomic E-state index is 0.0131. The molecule has 0 aliphatic rings. The lowest BCUT2D eigenvalue weighted by atomic mass is 10.1. The van der Waals surface area contributed by atoms with Gasteiger partial charge in [-0.3, -0.25) is 4.68 Å². The molecule has 0 atom stereocenters. The summed E-state index contributed by atoms with van der Waals surface area (Å²) in [7, 11) is 3.03. The highest BCUT2D eigenvalue weighted by molar-refractivity contribution is 9.10. The average molecular weight is 315 g/mol. The van der Waals surface area contributed by atoms with E-state index in [1.807, 2.05) is 13.8 Å². The number of halogens is 1. The van der Waals surface area contributed by atoms with Crippen LogP contribution in [0.25, 0.3) is 10.9 Å². The number of aryl methyl sites for hydroxylation is 1. The number of phenols is 1. The zero-order valence-electron chi connectivity index (χ0n) is 10.7. The Labute approximate surface area is 113 Å². The number of fused-ring (bicyclic) bond motifs is 1. The van der Waals surface area contributed by atoms with Crippen molar-refractivity contribution in [2.24, 2.45) is 7.05 Å². The molecule has 0 aliphatic heterocycles. The van der Waals surface area contributed by atoms with Gasteiger partial charge in [-0.15, -0.1) is 0 Å². The number of methoxy groups -OCH3 is 1. The molecule has 1 aromatic carbocycles. The SMILES string of the molecule is CC.COC(=O)c1cc(O)c(Br)c2cn(C)nc12. The van der Waals surface area contributed by atoms with Crippen molar-refractivity contribution in [2.45, 2.75) is 13.8 Å². The van der Waals surface area contributed by atoms with Crippen LogP contribution >= 0.6 is 15.9 Å². The number of esters is 1. The predicted octanol–water partition coefficient (Wildman–Crippen LogP) is 2.85. The molecule has 0 aliphatic carbocycles. The first kappa shape index (κ1) is 14.5. The van der Waals surface area contributed by atoms with Gasteiger partial charge in [0.1, 0.15) is 11.3 Å². The molecule has 2 aromatic rings. The van der Waals surface area contributed by atoms with E-state index >= 15 is 0 Å². The summed E-state index contributed by atoms with van der Waals surface area (Å²) in [5.74, 6) is -0.535. The highest BCUT2D eigenvalue weighted by Crippen LogP contribution is 2.34. The molecule has 0 amide bonds. The van der Waals surface area contributed by atoms with Gasteiger partial charge in [0.05, 0.1) is 17.1 Å². The maximum Gasteiger partial charge on any atom is 0.340 e. The highest BCUT2D eigenvalue weighted by atomic mass is 79.9. The van der Waals surface area contributed by atoms with Crippen LogP contribution < -0.4 is 0 Å². The number of benzene rings is 1. The van der Waals surface area contributed by atoms with Crippen molar-refractivity contribution in [3.63, 3.8) is 0 Å². The number of ether oxygens (including phenoxy) is 1. The third kappa shape index (κ3) is 2.48. The number of aromatic hydroxyl groups is 1. The second kappa shape index (κ2) is 5.86. The van der Waals surface area contributed by atoms with Gasteiger partial charge in [0.25, 0.3) is 0 Å². The van der Waals surface area contributed by atoms with Crippen LogP contribution in [0.2, 0.25) is 0 Å². The lowest BCUT2D eigenvalue weighted by molar-refractivity contribution is 0.0602. The van der Waals surface area contributed by atoms with Crippen LogP contribution in [-0.2, 0) is 11.8 Å². The average Bonchev–Trinajstić information content (AvgIpc) is 2.77. The molecule has 0 spiro atoms. The van der Waals surface area contributed by atoms with Gasteiger partial charge in [0.15, 0.2) is 0 Å². The van der Waals surface area contributed by atoms with E-state index in [-0.39, 0.29) is 11.3 Å². The molecule has 6 heteroatoms. The van der Waals surface area contributed by atoms with Gasteiger partial charge in [-0.1, -0.05) is 13.8 Å². The Balaban J connectivity index is 0.000000771. The summed E-state index contributed by atoms with van der Waals surface area (Å²) < 4.78 is 6.72. The van der Waals surface area contributed by atoms with Crippen molar-refractivity contribution in [3.8, 4) is 5.75 Å². The van der Waals surface area contributed by atoms with Gasteiger partial charge in [-0.25, -0.2) is 4.79 Å². The van der Waals surface area contributed by atoms with E-state index in [4.69, 9.17) is 0 Å². The Bertz CT molecular complexity index is 578. The lowest BCUT2D eigenvalue weighted by Gasteiger charge is -2.03. The standard InChI is InChI=1S/C10H9BrN2O3.C2H6/c1-13-4-6-8(11)7(14)3-5(9(6)12-13)10(15)16-2;1-2/h3-4,14H,1-2H3;1-2H3. The quantitative estimate of drug-likeness (QED) is 0.822. The zero-order chi connectivity index (χ0) is 13.9. The number of phenolic OH excluding ortho intramolecular Hbond substituents is 1. The Hall–Kier alpha value is -1.56. The first-order valence-electron chi connectivity index (χ1n) is 5.47. The molecule has 0 fully saturated rings. The fourth-order valence-electron chi connectivity index (χ4n) is 1.52. The van der Waals surface area contributed by atoms with E-state index in [9.17, 15) is 9.90 Å². The lowest BCUT2D eigenvalue weighted by Crippen LogP contribution is -2.02. The minimum Gasteiger partial charge on any atom is -0.507 e. The third-order valence-corrected chi connectivity index (χ3v) is 3.07. The molecule has 0 radical (unpaired) electrons. The Morgan fingerprint density at radius 3 is 2.67 bits per heavy atom. The largest absolute Gasteiger partial charge is 0.507 e. The number of rotatable bonds is 1. The van der Waals surface area contributed by atoms with E-state index < -0.39 is 5.97 Å². The fourth-order valence-corrected chi connectivity index (χ4v) is 1.92. The first-order valence-corrected chi connectivity index (χ1v) is 6.27. The number of aromatic nitrogens is 2. The molecule has 18 heavy (non-hydrogen) atoms. The topological polar surface area (TPSA) is 64.3 Å².